The van der Waals surface area contributed by atoms with E-state index in [0.29, 0.717) is 0 Å². The molecule has 0 atom stereocenters. The fraction of sp³-hybridized carbons (Fsp3) is 0.111. The lowest BCUT2D eigenvalue weighted by atomic mass is 9.71. The second-order valence-corrected chi connectivity index (χ2v) is 18.0. The van der Waals surface area contributed by atoms with Crippen molar-refractivity contribution < 1.29 is 0 Å². The van der Waals surface area contributed by atoms with E-state index in [4.69, 9.17) is 0 Å². The van der Waals surface area contributed by atoms with Gasteiger partial charge in [0, 0.05) is 32.0 Å². The highest BCUT2D eigenvalue weighted by Gasteiger charge is 2.42. The molecule has 9 aromatic carbocycles. The van der Waals surface area contributed by atoms with Gasteiger partial charge in [0.25, 0.3) is 0 Å². The number of benzene rings is 9. The predicted octanol–water partition coefficient (Wildman–Crippen LogP) is 15.5. The Labute approximate surface area is 338 Å². The normalized spacial score (nSPS) is 15.5. The largest absolute Gasteiger partial charge is 0.310 e. The molecule has 0 fully saturated rings. The standard InChI is InChI=1S/C54H40N2S/c1-53(2)43-18-8-7-17-39(43)42-31-50-46(32-45(42)53)54(3,4)44-19-9-10-20-47(44)55(50)33-25-27-37-38-28-26-34(30-41(38)36-16-6-5-15-35(36)40(37)29-33)56-48-21-11-13-23-51(48)57-52-24-14-12-22-49(52)56/h5-32H,1-4H3. The Morgan fingerprint density at radius 3 is 1.44 bits per heavy atom. The molecule has 0 N–H and O–H groups in total. The second-order valence-electron chi connectivity index (χ2n) is 16.9. The highest BCUT2D eigenvalue weighted by atomic mass is 32.2. The van der Waals surface area contributed by atoms with Crippen molar-refractivity contribution in [3.05, 3.63) is 192 Å². The maximum atomic E-state index is 2.54. The lowest BCUT2D eigenvalue weighted by molar-refractivity contribution is 0.620. The zero-order valence-corrected chi connectivity index (χ0v) is 33.3. The van der Waals surface area contributed by atoms with Gasteiger partial charge in [0.2, 0.25) is 0 Å². The van der Waals surface area contributed by atoms with Gasteiger partial charge < -0.3 is 9.80 Å². The number of rotatable bonds is 2. The molecule has 9 aromatic rings. The summed E-state index contributed by atoms with van der Waals surface area (Å²) in [6.45, 7) is 9.57. The zero-order valence-electron chi connectivity index (χ0n) is 32.5. The van der Waals surface area contributed by atoms with Gasteiger partial charge in [0.15, 0.2) is 0 Å². The van der Waals surface area contributed by atoms with Gasteiger partial charge in [-0.3, -0.25) is 0 Å². The highest BCUT2D eigenvalue weighted by Crippen LogP contribution is 2.58. The minimum atomic E-state index is -0.173. The number of anilines is 6. The molecule has 272 valence electrons. The Morgan fingerprint density at radius 2 is 0.807 bits per heavy atom. The molecule has 0 amide bonds. The Morgan fingerprint density at radius 1 is 0.333 bits per heavy atom. The first-order chi connectivity index (χ1) is 27.8. The van der Waals surface area contributed by atoms with E-state index in [1.807, 2.05) is 11.8 Å². The third kappa shape index (κ3) is 4.49. The molecule has 0 saturated carbocycles. The summed E-state index contributed by atoms with van der Waals surface area (Å²) in [5.41, 5.74) is 15.3. The predicted molar refractivity (Wildman–Crippen MR) is 242 cm³/mol. The average Bonchev–Trinajstić information content (AvgIpc) is 3.47. The topological polar surface area (TPSA) is 6.48 Å². The van der Waals surface area contributed by atoms with Crippen molar-refractivity contribution in [1.82, 2.24) is 0 Å². The van der Waals surface area contributed by atoms with Gasteiger partial charge in [-0.25, -0.2) is 0 Å². The van der Waals surface area contributed by atoms with Crippen molar-refractivity contribution >= 4 is 78.2 Å². The van der Waals surface area contributed by atoms with Crippen LogP contribution in [0.4, 0.5) is 34.1 Å². The van der Waals surface area contributed by atoms with Crippen LogP contribution in [-0.2, 0) is 10.8 Å². The van der Waals surface area contributed by atoms with Crippen LogP contribution in [0, 0.1) is 0 Å². The second kappa shape index (κ2) is 11.6. The van der Waals surface area contributed by atoms with Crippen LogP contribution in [0.25, 0.3) is 43.4 Å². The van der Waals surface area contributed by atoms with Crippen LogP contribution in [0.15, 0.2) is 180 Å². The smallest absolute Gasteiger partial charge is 0.0601 e. The molecule has 3 aliphatic rings. The fourth-order valence-electron chi connectivity index (χ4n) is 10.4. The quantitative estimate of drug-likeness (QED) is 0.163. The van der Waals surface area contributed by atoms with E-state index < -0.39 is 0 Å². The van der Waals surface area contributed by atoms with Crippen LogP contribution in [-0.4, -0.2) is 0 Å². The summed E-state index contributed by atoms with van der Waals surface area (Å²) in [6.07, 6.45) is 0. The Balaban J connectivity index is 1.08. The number of hydrogen-bond donors (Lipinski definition) is 0. The summed E-state index contributed by atoms with van der Waals surface area (Å²) < 4.78 is 0. The van der Waals surface area contributed by atoms with Crippen molar-refractivity contribution in [1.29, 1.82) is 0 Å². The third-order valence-corrected chi connectivity index (χ3v) is 14.3. The van der Waals surface area contributed by atoms with E-state index in [1.54, 1.807) is 0 Å². The summed E-state index contributed by atoms with van der Waals surface area (Å²) >= 11 is 1.85. The first-order valence-electron chi connectivity index (χ1n) is 20.0. The molecule has 12 rings (SSSR count). The Bertz CT molecular complexity index is 3120. The van der Waals surface area contributed by atoms with Crippen molar-refractivity contribution in [3.63, 3.8) is 0 Å². The van der Waals surface area contributed by atoms with Crippen LogP contribution in [0.1, 0.15) is 49.9 Å². The third-order valence-electron chi connectivity index (χ3n) is 13.2. The Hall–Kier alpha value is -6.29. The molecule has 57 heavy (non-hydrogen) atoms. The molecule has 2 nitrogen and oxygen atoms in total. The van der Waals surface area contributed by atoms with Gasteiger partial charge in [-0.15, -0.1) is 0 Å². The number of para-hydroxylation sites is 3. The highest BCUT2D eigenvalue weighted by molar-refractivity contribution is 7.99. The van der Waals surface area contributed by atoms with Gasteiger partial charge in [0.05, 0.1) is 22.7 Å². The van der Waals surface area contributed by atoms with Crippen LogP contribution >= 0.6 is 11.8 Å². The maximum absolute atomic E-state index is 2.54. The van der Waals surface area contributed by atoms with E-state index in [2.05, 4.69) is 207 Å². The molecule has 0 saturated heterocycles. The molecule has 0 bridgehead atoms. The van der Waals surface area contributed by atoms with Crippen LogP contribution in [0.3, 0.4) is 0 Å². The van der Waals surface area contributed by atoms with Gasteiger partial charge in [-0.1, -0.05) is 149 Å². The Kier molecular flexibility index (Phi) is 6.71. The van der Waals surface area contributed by atoms with Crippen LogP contribution < -0.4 is 9.80 Å². The number of fused-ring (bicyclic) bond motifs is 13. The van der Waals surface area contributed by atoms with Crippen molar-refractivity contribution in [2.24, 2.45) is 0 Å². The van der Waals surface area contributed by atoms with Gasteiger partial charge in [0.1, 0.15) is 0 Å². The fourth-order valence-corrected chi connectivity index (χ4v) is 11.4. The number of hydrogen-bond acceptors (Lipinski definition) is 3. The molecule has 0 spiro atoms. The summed E-state index contributed by atoms with van der Waals surface area (Å²) in [4.78, 5) is 7.52. The molecule has 0 aromatic heterocycles. The lowest BCUT2D eigenvalue weighted by Gasteiger charge is -2.43. The first kappa shape index (κ1) is 32.9. The molecular formula is C54H40N2S. The molecule has 3 heteroatoms. The first-order valence-corrected chi connectivity index (χ1v) is 20.8. The minimum Gasteiger partial charge on any atom is -0.310 e. The van der Waals surface area contributed by atoms with E-state index in [1.165, 1.54) is 110 Å². The molecule has 2 heterocycles. The van der Waals surface area contributed by atoms with Gasteiger partial charge >= 0.3 is 0 Å². The van der Waals surface area contributed by atoms with Crippen LogP contribution in [0.5, 0.6) is 0 Å². The summed E-state index contributed by atoms with van der Waals surface area (Å²) in [6, 6.07) is 63.8. The lowest BCUT2D eigenvalue weighted by Crippen LogP contribution is -2.31. The van der Waals surface area contributed by atoms with Gasteiger partial charge in [-0.05, 0) is 126 Å². The van der Waals surface area contributed by atoms with E-state index in [0.717, 1.165) is 0 Å². The van der Waals surface area contributed by atoms with Crippen LogP contribution in [0.2, 0.25) is 0 Å². The summed E-state index contributed by atoms with van der Waals surface area (Å²) in [5, 5.41) is 7.61. The maximum Gasteiger partial charge on any atom is 0.0601 e. The van der Waals surface area contributed by atoms with Crippen molar-refractivity contribution in [2.75, 3.05) is 9.80 Å². The van der Waals surface area contributed by atoms with E-state index >= 15 is 0 Å². The average molecular weight is 749 g/mol. The monoisotopic (exact) mass is 748 g/mol. The molecule has 1 aliphatic carbocycles. The molecular weight excluding hydrogens is 709 g/mol. The SMILES string of the molecule is CC1(C)c2ccccc2-c2cc3c(cc21)C(C)(C)c1ccccc1N3c1ccc2c3ccc(N4c5ccccc5Sc5ccccc54)cc3c3ccccc3c2c1. The van der Waals surface area contributed by atoms with E-state index in [-0.39, 0.29) is 10.8 Å². The molecule has 2 aliphatic heterocycles. The van der Waals surface area contributed by atoms with E-state index in [9.17, 15) is 0 Å². The summed E-state index contributed by atoms with van der Waals surface area (Å²) in [7, 11) is 0. The van der Waals surface area contributed by atoms with Gasteiger partial charge in [-0.2, -0.15) is 0 Å². The number of nitrogens with zero attached hydrogens (tertiary/aromatic N) is 2. The molecule has 0 radical (unpaired) electrons. The zero-order chi connectivity index (χ0) is 38.2. The minimum absolute atomic E-state index is 0.0681. The van der Waals surface area contributed by atoms with Crippen molar-refractivity contribution in [3.8, 4) is 11.1 Å². The van der Waals surface area contributed by atoms with Crippen molar-refractivity contribution in [2.45, 2.75) is 48.3 Å². The summed E-state index contributed by atoms with van der Waals surface area (Å²) in [5.74, 6) is 0. The molecule has 0 unspecified atom stereocenters.